The second kappa shape index (κ2) is 12.1. The lowest BCUT2D eigenvalue weighted by molar-refractivity contribution is -0.0595. The Morgan fingerprint density at radius 3 is 2.37 bits per heavy atom. The molecule has 0 amide bonds. The molecule has 43 heavy (non-hydrogen) atoms. The number of methoxy groups -OCH3 is 2. The zero-order valence-electron chi connectivity index (χ0n) is 29.5. The van der Waals surface area contributed by atoms with Gasteiger partial charge in [-0.1, -0.05) is 72.8 Å². The molecule has 4 saturated carbocycles. The Morgan fingerprint density at radius 1 is 1.12 bits per heavy atom. The van der Waals surface area contributed by atoms with Crippen LogP contribution < -0.4 is 0 Å². The number of carbonyl (C=O) groups excluding carboxylic acids is 1. The van der Waals surface area contributed by atoms with Gasteiger partial charge in [0.1, 0.15) is 5.60 Å². The quantitative estimate of drug-likeness (QED) is 0.139. The van der Waals surface area contributed by atoms with Gasteiger partial charge in [0, 0.05) is 18.4 Å². The van der Waals surface area contributed by atoms with Crippen molar-refractivity contribution in [3.63, 3.8) is 0 Å². The molecule has 0 bridgehead atoms. The third-order valence-electron chi connectivity index (χ3n) is 12.9. The first-order valence-electron chi connectivity index (χ1n) is 16.9. The molecule has 4 aliphatic carbocycles. The van der Waals surface area contributed by atoms with E-state index in [1.54, 1.807) is 0 Å². The highest BCUT2D eigenvalue weighted by Crippen LogP contribution is 2.70. The number of carbonyl (C=O) groups is 1. The van der Waals surface area contributed by atoms with E-state index in [0.717, 1.165) is 44.9 Å². The van der Waals surface area contributed by atoms with Crippen LogP contribution in [0.4, 0.5) is 4.79 Å². The smallest absolute Gasteiger partial charge is 0.438 e. The highest BCUT2D eigenvalue weighted by molar-refractivity contribution is 6.74. The minimum absolute atomic E-state index is 0.00112. The Morgan fingerprint density at radius 2 is 1.79 bits per heavy atom. The lowest BCUT2D eigenvalue weighted by Crippen LogP contribution is -2.47. The van der Waals surface area contributed by atoms with Crippen molar-refractivity contribution in [1.82, 2.24) is 0 Å². The summed E-state index contributed by atoms with van der Waals surface area (Å²) in [5, 5.41) is 0.176. The molecule has 0 aromatic heterocycles. The van der Waals surface area contributed by atoms with E-state index in [-0.39, 0.29) is 34.0 Å². The molecule has 244 valence electrons. The van der Waals surface area contributed by atoms with E-state index in [1.165, 1.54) is 18.3 Å². The molecule has 4 rings (SSSR count). The van der Waals surface area contributed by atoms with Crippen LogP contribution in [0.15, 0.2) is 36.0 Å². The number of fused-ring (bicyclic) bond motifs is 2. The third kappa shape index (κ3) is 6.23. The maximum absolute atomic E-state index is 12.5. The van der Waals surface area contributed by atoms with Crippen LogP contribution in [0, 0.1) is 40.4 Å². The van der Waals surface area contributed by atoms with Crippen molar-refractivity contribution in [3.8, 4) is 0 Å². The van der Waals surface area contributed by atoms with E-state index in [1.807, 2.05) is 7.11 Å². The second-order valence-corrected chi connectivity index (χ2v) is 21.5. The maximum Gasteiger partial charge on any atom is 0.508 e. The molecule has 6 heteroatoms. The zero-order chi connectivity index (χ0) is 32.2. The Balaban J connectivity index is 1.60. The van der Waals surface area contributed by atoms with Crippen LogP contribution in [0.1, 0.15) is 100 Å². The highest BCUT2D eigenvalue weighted by atomic mass is 28.4. The molecular weight excluding hydrogens is 552 g/mol. The van der Waals surface area contributed by atoms with Crippen molar-refractivity contribution in [3.05, 3.63) is 36.0 Å². The molecule has 0 spiro atoms. The van der Waals surface area contributed by atoms with Crippen molar-refractivity contribution in [2.24, 2.45) is 40.4 Å². The van der Waals surface area contributed by atoms with E-state index in [0.29, 0.717) is 23.7 Å². The summed E-state index contributed by atoms with van der Waals surface area (Å²) in [6, 6.07) is 0. The lowest BCUT2D eigenvalue weighted by Gasteiger charge is -2.47. The summed E-state index contributed by atoms with van der Waals surface area (Å²) in [7, 11) is 1.38. The SMILES string of the molecule is C=C1C(O[Si](C)(C)C(C)(C)C)CC2CC12C(C=C1CCCC2(C)C1CCC2[C@](C)(C=CC(C)C(C)C)OC(=O)OC)OC. The number of hydrogen-bond donors (Lipinski definition) is 0. The van der Waals surface area contributed by atoms with Crippen molar-refractivity contribution in [2.75, 3.05) is 14.2 Å². The zero-order valence-corrected chi connectivity index (χ0v) is 30.5. The van der Waals surface area contributed by atoms with Crippen LogP contribution in [0.5, 0.6) is 0 Å². The average molecular weight is 615 g/mol. The Labute approximate surface area is 264 Å². The van der Waals surface area contributed by atoms with Gasteiger partial charge in [-0.2, -0.15) is 0 Å². The predicted octanol–water partition coefficient (Wildman–Crippen LogP) is 9.89. The summed E-state index contributed by atoms with van der Waals surface area (Å²) in [5.74, 6) is 2.16. The Kier molecular flexibility index (Phi) is 9.70. The summed E-state index contributed by atoms with van der Waals surface area (Å²) in [5.41, 5.74) is 2.09. The largest absolute Gasteiger partial charge is 0.508 e. The molecule has 0 aromatic rings. The van der Waals surface area contributed by atoms with Gasteiger partial charge in [0.15, 0.2) is 8.32 Å². The van der Waals surface area contributed by atoms with E-state index < -0.39 is 20.1 Å². The molecule has 0 aliphatic heterocycles. The van der Waals surface area contributed by atoms with E-state index >= 15 is 0 Å². The number of rotatable bonds is 10. The number of hydrogen-bond acceptors (Lipinski definition) is 5. The Bertz CT molecular complexity index is 1120. The fourth-order valence-corrected chi connectivity index (χ4v) is 10.0. The van der Waals surface area contributed by atoms with Crippen LogP contribution in [0.3, 0.4) is 0 Å². The van der Waals surface area contributed by atoms with E-state index in [2.05, 4.69) is 93.3 Å². The second-order valence-electron chi connectivity index (χ2n) is 16.7. The number of allylic oxidation sites excluding steroid dienone is 2. The monoisotopic (exact) mass is 614 g/mol. The molecule has 9 atom stereocenters. The molecule has 0 aromatic carbocycles. The molecule has 0 radical (unpaired) electrons. The van der Waals surface area contributed by atoms with Gasteiger partial charge in [-0.25, -0.2) is 4.79 Å². The van der Waals surface area contributed by atoms with Crippen molar-refractivity contribution in [2.45, 2.75) is 136 Å². The molecule has 0 heterocycles. The summed E-state index contributed by atoms with van der Waals surface area (Å²) < 4.78 is 24.4. The standard InChI is InChI=1S/C37H62O5Si/c1-24(2)25(3)18-20-36(9,41-33(38)40-11)31-17-16-29-27(15-14-19-35(29,31)8)21-32(39-10)37-23-28(37)22-30(26(37)4)42-43(12,13)34(5,6)7/h18,20-21,24-25,28-32H,4,14-17,19,22-23H2,1-3,5-13H3/t25?,28?,29?,30?,31?,32?,35?,36-,37?/m0/s1. The van der Waals surface area contributed by atoms with Crippen LogP contribution in [0.2, 0.25) is 18.1 Å². The first kappa shape index (κ1) is 34.5. The number of ether oxygens (including phenoxy) is 3. The predicted molar refractivity (Wildman–Crippen MR) is 178 cm³/mol. The minimum atomic E-state index is -1.90. The van der Waals surface area contributed by atoms with Gasteiger partial charge in [-0.15, -0.1) is 0 Å². The van der Waals surface area contributed by atoms with Crippen LogP contribution in [-0.4, -0.2) is 46.5 Å². The van der Waals surface area contributed by atoms with Gasteiger partial charge >= 0.3 is 6.16 Å². The highest BCUT2D eigenvalue weighted by Gasteiger charge is 2.67. The van der Waals surface area contributed by atoms with E-state index in [9.17, 15) is 4.79 Å². The molecule has 4 fully saturated rings. The molecule has 8 unspecified atom stereocenters. The summed E-state index contributed by atoms with van der Waals surface area (Å²) in [4.78, 5) is 12.5. The van der Waals surface area contributed by atoms with Gasteiger partial charge in [-0.3, -0.25) is 0 Å². The van der Waals surface area contributed by atoms with Crippen molar-refractivity contribution < 1.29 is 23.4 Å². The molecule has 0 saturated heterocycles. The molecule has 4 aliphatic rings. The molecule has 5 nitrogen and oxygen atoms in total. The fraction of sp³-hybridized carbons (Fsp3) is 0.811. The van der Waals surface area contributed by atoms with Gasteiger partial charge in [0.25, 0.3) is 0 Å². The van der Waals surface area contributed by atoms with Crippen LogP contribution in [0.25, 0.3) is 0 Å². The van der Waals surface area contributed by atoms with Crippen molar-refractivity contribution in [1.29, 1.82) is 0 Å². The summed E-state index contributed by atoms with van der Waals surface area (Å²) in [6.45, 7) is 27.6. The first-order valence-corrected chi connectivity index (χ1v) is 19.8. The Hall–Kier alpha value is -1.37. The average Bonchev–Trinajstić information content (AvgIpc) is 3.41. The molecular formula is C37H62O5Si. The fourth-order valence-electron chi connectivity index (χ4n) is 8.73. The molecule has 0 N–H and O–H groups in total. The van der Waals surface area contributed by atoms with Gasteiger partial charge < -0.3 is 18.6 Å². The minimum Gasteiger partial charge on any atom is -0.438 e. The van der Waals surface area contributed by atoms with Crippen molar-refractivity contribution >= 4 is 14.5 Å². The van der Waals surface area contributed by atoms with Gasteiger partial charge in [-0.05, 0) is 111 Å². The van der Waals surface area contributed by atoms with Crippen LogP contribution >= 0.6 is 0 Å². The normalized spacial score (nSPS) is 36.4. The summed E-state index contributed by atoms with van der Waals surface area (Å²) >= 11 is 0. The maximum atomic E-state index is 12.5. The van der Waals surface area contributed by atoms with Crippen LogP contribution in [-0.2, 0) is 18.6 Å². The first-order chi connectivity index (χ1) is 19.9. The van der Waals surface area contributed by atoms with E-state index in [4.69, 9.17) is 18.6 Å². The topological polar surface area (TPSA) is 54.0 Å². The third-order valence-corrected chi connectivity index (χ3v) is 17.4. The van der Waals surface area contributed by atoms with Gasteiger partial charge in [0.05, 0.1) is 19.3 Å². The lowest BCUT2D eigenvalue weighted by atomic mass is 9.59. The summed E-state index contributed by atoms with van der Waals surface area (Å²) in [6.07, 6.45) is 14.2. The van der Waals surface area contributed by atoms with Gasteiger partial charge in [0.2, 0.25) is 0 Å².